The lowest BCUT2D eigenvalue weighted by atomic mass is 9.89. The van der Waals surface area contributed by atoms with Crippen molar-refractivity contribution >= 4 is 11.6 Å². The molecule has 1 aliphatic carbocycles. The number of amides is 1. The van der Waals surface area contributed by atoms with Crippen LogP contribution in [0.5, 0.6) is 5.75 Å². The predicted molar refractivity (Wildman–Crippen MR) is 63.9 cm³/mol. The average Bonchev–Trinajstić information content (AvgIpc) is 2.26. The number of hydrogen-bond donors (Lipinski definition) is 3. The minimum atomic E-state index is -0.284. The molecule has 0 heterocycles. The summed E-state index contributed by atoms with van der Waals surface area (Å²) in [6, 6.07) is 4.97. The lowest BCUT2D eigenvalue weighted by Crippen LogP contribution is -2.46. The van der Waals surface area contributed by atoms with Crippen LogP contribution in [0.25, 0.3) is 0 Å². The highest BCUT2D eigenvalue weighted by Crippen LogP contribution is 2.24. The number of carbonyl (C=O) groups is 1. The first kappa shape index (κ1) is 11.7. The van der Waals surface area contributed by atoms with Gasteiger partial charge >= 0.3 is 0 Å². The SMILES string of the molecule is COc1cc(N)ccc1C(=O)NC1CC(O)C1. The van der Waals surface area contributed by atoms with Gasteiger partial charge in [0.25, 0.3) is 5.91 Å². The van der Waals surface area contributed by atoms with E-state index in [1.165, 1.54) is 7.11 Å². The van der Waals surface area contributed by atoms with Crippen LogP contribution in [0.2, 0.25) is 0 Å². The first-order chi connectivity index (χ1) is 8.10. The average molecular weight is 236 g/mol. The van der Waals surface area contributed by atoms with Crippen molar-refractivity contribution in [1.29, 1.82) is 0 Å². The van der Waals surface area contributed by atoms with Gasteiger partial charge in [0.2, 0.25) is 0 Å². The molecule has 5 heteroatoms. The van der Waals surface area contributed by atoms with E-state index in [-0.39, 0.29) is 18.1 Å². The standard InChI is InChI=1S/C12H16N2O3/c1-17-11-4-7(13)2-3-10(11)12(16)14-8-5-9(15)6-8/h2-4,8-9,15H,5-6,13H2,1H3,(H,14,16). The summed E-state index contributed by atoms with van der Waals surface area (Å²) >= 11 is 0. The summed E-state index contributed by atoms with van der Waals surface area (Å²) < 4.78 is 5.11. The Hall–Kier alpha value is -1.75. The molecule has 1 aromatic carbocycles. The highest BCUT2D eigenvalue weighted by atomic mass is 16.5. The molecular formula is C12H16N2O3. The summed E-state index contributed by atoms with van der Waals surface area (Å²) in [5.74, 6) is 0.265. The quantitative estimate of drug-likeness (QED) is 0.668. The molecule has 1 fully saturated rings. The van der Waals surface area contributed by atoms with Crippen LogP contribution in [-0.4, -0.2) is 30.3 Å². The van der Waals surface area contributed by atoms with Crippen LogP contribution in [0.3, 0.4) is 0 Å². The Labute approximate surface area is 99.6 Å². The molecule has 1 aromatic rings. The van der Waals surface area contributed by atoms with E-state index in [4.69, 9.17) is 15.6 Å². The van der Waals surface area contributed by atoms with E-state index in [9.17, 15) is 4.79 Å². The van der Waals surface area contributed by atoms with E-state index in [0.29, 0.717) is 29.8 Å². The number of nitrogens with one attached hydrogen (secondary N) is 1. The molecule has 5 nitrogen and oxygen atoms in total. The number of methoxy groups -OCH3 is 1. The Morgan fingerprint density at radius 1 is 1.53 bits per heavy atom. The lowest BCUT2D eigenvalue weighted by Gasteiger charge is -2.32. The van der Waals surface area contributed by atoms with Crippen LogP contribution < -0.4 is 15.8 Å². The fourth-order valence-electron chi connectivity index (χ4n) is 1.86. The van der Waals surface area contributed by atoms with Gasteiger partial charge in [-0.3, -0.25) is 4.79 Å². The van der Waals surface area contributed by atoms with Gasteiger partial charge in [-0.25, -0.2) is 0 Å². The topological polar surface area (TPSA) is 84.6 Å². The molecule has 1 aliphatic rings. The van der Waals surface area contributed by atoms with Gasteiger partial charge in [-0.1, -0.05) is 0 Å². The van der Waals surface area contributed by atoms with Gasteiger partial charge in [0.1, 0.15) is 5.75 Å². The van der Waals surface area contributed by atoms with Crippen LogP contribution in [0.1, 0.15) is 23.2 Å². The Kier molecular flexibility index (Phi) is 3.19. The summed E-state index contributed by atoms with van der Waals surface area (Å²) in [5.41, 5.74) is 6.63. The Morgan fingerprint density at radius 3 is 2.82 bits per heavy atom. The summed E-state index contributed by atoms with van der Waals surface area (Å²) in [6.07, 6.45) is 0.945. The van der Waals surface area contributed by atoms with E-state index in [2.05, 4.69) is 5.32 Å². The number of anilines is 1. The molecule has 0 aromatic heterocycles. The maximum absolute atomic E-state index is 11.9. The van der Waals surface area contributed by atoms with E-state index in [0.717, 1.165) is 0 Å². The number of ether oxygens (including phenoxy) is 1. The molecule has 4 N–H and O–H groups in total. The minimum absolute atomic E-state index is 0.0553. The van der Waals surface area contributed by atoms with Crippen molar-refractivity contribution in [2.24, 2.45) is 0 Å². The number of aliphatic hydroxyl groups excluding tert-OH is 1. The van der Waals surface area contributed by atoms with Gasteiger partial charge in [0, 0.05) is 17.8 Å². The minimum Gasteiger partial charge on any atom is -0.496 e. The summed E-state index contributed by atoms with van der Waals surface area (Å²) in [4.78, 5) is 11.9. The number of benzene rings is 1. The summed E-state index contributed by atoms with van der Waals surface area (Å²) in [6.45, 7) is 0. The third-order valence-corrected chi connectivity index (χ3v) is 2.92. The van der Waals surface area contributed by atoms with Crippen LogP contribution in [-0.2, 0) is 0 Å². The maximum Gasteiger partial charge on any atom is 0.255 e. The zero-order valence-electron chi connectivity index (χ0n) is 9.64. The van der Waals surface area contributed by atoms with Gasteiger partial charge in [0.15, 0.2) is 0 Å². The first-order valence-electron chi connectivity index (χ1n) is 5.52. The molecule has 17 heavy (non-hydrogen) atoms. The predicted octanol–water partition coefficient (Wildman–Crippen LogP) is 0.531. The number of rotatable bonds is 3. The molecule has 1 amide bonds. The molecule has 0 saturated heterocycles. The number of carbonyl (C=O) groups excluding carboxylic acids is 1. The van der Waals surface area contributed by atoms with E-state index in [1.54, 1.807) is 18.2 Å². The fourth-order valence-corrected chi connectivity index (χ4v) is 1.86. The molecule has 0 aliphatic heterocycles. The Morgan fingerprint density at radius 2 is 2.24 bits per heavy atom. The lowest BCUT2D eigenvalue weighted by molar-refractivity contribution is 0.0561. The van der Waals surface area contributed by atoms with Crippen LogP contribution >= 0.6 is 0 Å². The maximum atomic E-state index is 11.9. The largest absolute Gasteiger partial charge is 0.496 e. The van der Waals surface area contributed by atoms with Gasteiger partial charge in [0.05, 0.1) is 18.8 Å². The van der Waals surface area contributed by atoms with Crippen molar-refractivity contribution in [3.05, 3.63) is 23.8 Å². The van der Waals surface area contributed by atoms with Crippen molar-refractivity contribution in [1.82, 2.24) is 5.32 Å². The molecule has 0 bridgehead atoms. The van der Waals surface area contributed by atoms with Crippen LogP contribution in [0.4, 0.5) is 5.69 Å². The van der Waals surface area contributed by atoms with Gasteiger partial charge < -0.3 is 20.9 Å². The molecule has 92 valence electrons. The number of nitrogen functional groups attached to an aromatic ring is 1. The van der Waals surface area contributed by atoms with Gasteiger partial charge in [-0.2, -0.15) is 0 Å². The monoisotopic (exact) mass is 236 g/mol. The molecule has 0 spiro atoms. The van der Waals surface area contributed by atoms with Crippen LogP contribution in [0, 0.1) is 0 Å². The number of aliphatic hydroxyl groups is 1. The molecule has 2 rings (SSSR count). The number of nitrogens with two attached hydrogens (primary N) is 1. The van der Waals surface area contributed by atoms with Crippen molar-refractivity contribution in [3.63, 3.8) is 0 Å². The second-order valence-corrected chi connectivity index (χ2v) is 4.26. The zero-order valence-corrected chi connectivity index (χ0v) is 9.64. The van der Waals surface area contributed by atoms with Crippen molar-refractivity contribution in [3.8, 4) is 5.75 Å². The van der Waals surface area contributed by atoms with Crippen LogP contribution in [0.15, 0.2) is 18.2 Å². The van der Waals surface area contributed by atoms with Gasteiger partial charge in [-0.05, 0) is 25.0 Å². The van der Waals surface area contributed by atoms with E-state index < -0.39 is 0 Å². The van der Waals surface area contributed by atoms with Crippen molar-refractivity contribution in [2.75, 3.05) is 12.8 Å². The molecule has 0 atom stereocenters. The summed E-state index contributed by atoms with van der Waals surface area (Å²) in [7, 11) is 1.50. The third-order valence-electron chi connectivity index (χ3n) is 2.92. The molecular weight excluding hydrogens is 220 g/mol. The third kappa shape index (κ3) is 2.50. The Bertz CT molecular complexity index is 428. The molecule has 0 unspecified atom stereocenters. The molecule has 0 radical (unpaired) electrons. The zero-order chi connectivity index (χ0) is 12.4. The highest BCUT2D eigenvalue weighted by molar-refractivity contribution is 5.97. The second-order valence-electron chi connectivity index (χ2n) is 4.26. The first-order valence-corrected chi connectivity index (χ1v) is 5.52. The van der Waals surface area contributed by atoms with E-state index in [1.807, 2.05) is 0 Å². The van der Waals surface area contributed by atoms with E-state index >= 15 is 0 Å². The summed E-state index contributed by atoms with van der Waals surface area (Å²) in [5, 5.41) is 12.0. The smallest absolute Gasteiger partial charge is 0.255 e. The fraction of sp³-hybridized carbons (Fsp3) is 0.417. The Balaban J connectivity index is 2.08. The van der Waals surface area contributed by atoms with Gasteiger partial charge in [-0.15, -0.1) is 0 Å². The highest BCUT2D eigenvalue weighted by Gasteiger charge is 2.29. The normalized spacial score (nSPS) is 22.7. The number of hydrogen-bond acceptors (Lipinski definition) is 4. The van der Waals surface area contributed by atoms with Crippen molar-refractivity contribution in [2.45, 2.75) is 25.0 Å². The second kappa shape index (κ2) is 4.63. The molecule has 1 saturated carbocycles. The van der Waals surface area contributed by atoms with Crippen molar-refractivity contribution < 1.29 is 14.6 Å².